The lowest BCUT2D eigenvalue weighted by atomic mass is 9.99. The molecule has 0 spiro atoms. The van der Waals surface area contributed by atoms with Gasteiger partial charge >= 0.3 is 11.9 Å². The lowest BCUT2D eigenvalue weighted by Gasteiger charge is -2.39. The predicted octanol–water partition coefficient (Wildman–Crippen LogP) is 8.10. The number of aliphatic hydroxyl groups excluding tert-OH is 4. The molecule has 10 nitrogen and oxygen atoms in total. The summed E-state index contributed by atoms with van der Waals surface area (Å²) in [4.78, 5) is 25.2. The first kappa shape index (κ1) is 48.7. The van der Waals surface area contributed by atoms with E-state index >= 15 is 0 Å². The second-order valence-corrected chi connectivity index (χ2v) is 14.1. The van der Waals surface area contributed by atoms with Crippen LogP contribution < -0.4 is 0 Å². The van der Waals surface area contributed by atoms with E-state index in [4.69, 9.17) is 18.9 Å². The van der Waals surface area contributed by atoms with Crippen LogP contribution in [0.2, 0.25) is 0 Å². The Morgan fingerprint density at radius 2 is 1.09 bits per heavy atom. The highest BCUT2D eigenvalue weighted by atomic mass is 16.7. The van der Waals surface area contributed by atoms with Crippen molar-refractivity contribution >= 4 is 11.9 Å². The van der Waals surface area contributed by atoms with Crippen LogP contribution in [0.1, 0.15) is 155 Å². The van der Waals surface area contributed by atoms with Crippen LogP contribution >= 0.6 is 0 Å². The lowest BCUT2D eigenvalue weighted by molar-refractivity contribution is -0.305. The smallest absolute Gasteiger partial charge is 0.306 e. The topological polar surface area (TPSA) is 152 Å². The zero-order valence-corrected chi connectivity index (χ0v) is 33.0. The van der Waals surface area contributed by atoms with Gasteiger partial charge in [0.1, 0.15) is 31.0 Å². The Kier molecular flexibility index (Phi) is 31.4. The summed E-state index contributed by atoms with van der Waals surface area (Å²) in [7, 11) is 0. The standard InChI is InChI=1S/C43H74O10/c1-3-5-7-9-11-13-15-16-17-18-19-20-22-23-25-27-29-31-38(45)50-34-36(35-51-43-42(49)41(48)40(47)37(33-44)53-43)52-39(46)32-30-28-26-24-21-14-12-10-8-6-4-2/h10,12,16-17,19-20,23,25,36-37,40-44,47-49H,3-9,11,13-15,18,21-22,24,26-35H2,1-2H3/b12-10+,17-16+,20-19+,25-23+/t36-,37-,40+,41?,42?,43-/m0/s1. The summed E-state index contributed by atoms with van der Waals surface area (Å²) in [6.07, 6.45) is 31.3. The van der Waals surface area contributed by atoms with Gasteiger partial charge in [0.05, 0.1) is 13.2 Å². The molecule has 6 atom stereocenters. The molecule has 1 aliphatic rings. The van der Waals surface area contributed by atoms with E-state index < -0.39 is 55.4 Å². The normalized spacial score (nSPS) is 21.4. The SMILES string of the molecule is CCCC/C=C/CCCCCCCC(=O)O[C@@H](COC(=O)CCC/C=C/C/C=C/C/C=C/CCCCCCCC)CO[C@H]1O[C@@H](CO)[C@@H](O)C(O)C1O. The third-order valence-corrected chi connectivity index (χ3v) is 9.19. The van der Waals surface area contributed by atoms with Crippen molar-refractivity contribution in [3.8, 4) is 0 Å². The number of carbonyl (C=O) groups is 2. The quantitative estimate of drug-likeness (QED) is 0.0294. The zero-order chi connectivity index (χ0) is 38.8. The number of carbonyl (C=O) groups excluding carboxylic acids is 2. The Labute approximate surface area is 320 Å². The molecule has 4 N–H and O–H groups in total. The highest BCUT2D eigenvalue weighted by molar-refractivity contribution is 5.70. The van der Waals surface area contributed by atoms with Gasteiger partial charge in [0.2, 0.25) is 0 Å². The van der Waals surface area contributed by atoms with E-state index in [1.165, 1.54) is 51.4 Å². The first-order valence-electron chi connectivity index (χ1n) is 20.7. The Balaban J connectivity index is 2.40. The van der Waals surface area contributed by atoms with E-state index in [0.717, 1.165) is 64.2 Å². The summed E-state index contributed by atoms with van der Waals surface area (Å²) < 4.78 is 22.0. The van der Waals surface area contributed by atoms with Crippen molar-refractivity contribution in [2.75, 3.05) is 19.8 Å². The van der Waals surface area contributed by atoms with Crippen LogP contribution in [0.25, 0.3) is 0 Å². The Morgan fingerprint density at radius 3 is 1.72 bits per heavy atom. The first-order chi connectivity index (χ1) is 25.8. The number of unbranched alkanes of at least 4 members (excludes halogenated alkanes) is 14. The van der Waals surface area contributed by atoms with Gasteiger partial charge < -0.3 is 39.4 Å². The summed E-state index contributed by atoms with van der Waals surface area (Å²) in [5.74, 6) is -0.883. The fraction of sp³-hybridized carbons (Fsp3) is 0.767. The molecule has 10 heteroatoms. The Morgan fingerprint density at radius 1 is 0.585 bits per heavy atom. The van der Waals surface area contributed by atoms with Gasteiger partial charge in [-0.1, -0.05) is 127 Å². The van der Waals surface area contributed by atoms with Crippen LogP contribution in [0, 0.1) is 0 Å². The summed E-state index contributed by atoms with van der Waals surface area (Å²) in [5.41, 5.74) is 0. The van der Waals surface area contributed by atoms with Crippen LogP contribution in [0.5, 0.6) is 0 Å². The van der Waals surface area contributed by atoms with Gasteiger partial charge in [-0.15, -0.1) is 0 Å². The maximum atomic E-state index is 12.7. The van der Waals surface area contributed by atoms with Gasteiger partial charge in [0.15, 0.2) is 12.4 Å². The summed E-state index contributed by atoms with van der Waals surface area (Å²) in [5, 5.41) is 39.9. The first-order valence-corrected chi connectivity index (χ1v) is 20.7. The maximum Gasteiger partial charge on any atom is 0.306 e. The number of hydrogen-bond acceptors (Lipinski definition) is 10. The van der Waals surface area contributed by atoms with Gasteiger partial charge in [-0.3, -0.25) is 9.59 Å². The number of aliphatic hydroxyl groups is 4. The van der Waals surface area contributed by atoms with Gasteiger partial charge in [-0.25, -0.2) is 0 Å². The molecular weight excluding hydrogens is 676 g/mol. The van der Waals surface area contributed by atoms with Gasteiger partial charge in [0, 0.05) is 12.8 Å². The number of allylic oxidation sites excluding steroid dienone is 8. The fourth-order valence-electron chi connectivity index (χ4n) is 5.83. The van der Waals surface area contributed by atoms with Gasteiger partial charge in [-0.2, -0.15) is 0 Å². The second-order valence-electron chi connectivity index (χ2n) is 14.1. The molecule has 0 aromatic carbocycles. The van der Waals surface area contributed by atoms with Crippen molar-refractivity contribution in [2.24, 2.45) is 0 Å². The largest absolute Gasteiger partial charge is 0.462 e. The van der Waals surface area contributed by atoms with Crippen LogP contribution in [0.4, 0.5) is 0 Å². The van der Waals surface area contributed by atoms with E-state index in [2.05, 4.69) is 62.5 Å². The van der Waals surface area contributed by atoms with E-state index in [9.17, 15) is 30.0 Å². The molecule has 0 aromatic heterocycles. The molecule has 1 rings (SSSR count). The monoisotopic (exact) mass is 751 g/mol. The van der Waals surface area contributed by atoms with E-state index in [1.54, 1.807) is 0 Å². The molecular formula is C43H74O10. The molecule has 2 unspecified atom stereocenters. The van der Waals surface area contributed by atoms with Crippen LogP contribution in [0.15, 0.2) is 48.6 Å². The second kappa shape index (κ2) is 34.2. The molecule has 1 fully saturated rings. The average Bonchev–Trinajstić information content (AvgIpc) is 3.15. The minimum Gasteiger partial charge on any atom is -0.462 e. The molecule has 53 heavy (non-hydrogen) atoms. The average molecular weight is 751 g/mol. The van der Waals surface area contributed by atoms with E-state index in [1.807, 2.05) is 0 Å². The summed E-state index contributed by atoms with van der Waals surface area (Å²) >= 11 is 0. The van der Waals surface area contributed by atoms with Crippen molar-refractivity contribution in [1.82, 2.24) is 0 Å². The van der Waals surface area contributed by atoms with Crippen molar-refractivity contribution in [3.05, 3.63) is 48.6 Å². The predicted molar refractivity (Wildman–Crippen MR) is 210 cm³/mol. The molecule has 306 valence electrons. The maximum absolute atomic E-state index is 12.7. The number of hydrogen-bond donors (Lipinski definition) is 4. The third kappa shape index (κ3) is 26.2. The molecule has 0 amide bonds. The fourth-order valence-corrected chi connectivity index (χ4v) is 5.83. The molecule has 0 bridgehead atoms. The van der Waals surface area contributed by atoms with E-state index in [-0.39, 0.29) is 26.1 Å². The molecule has 0 aliphatic carbocycles. The lowest BCUT2D eigenvalue weighted by Crippen LogP contribution is -2.59. The molecule has 1 heterocycles. The van der Waals surface area contributed by atoms with Crippen molar-refractivity contribution in [2.45, 2.75) is 192 Å². The summed E-state index contributed by atoms with van der Waals surface area (Å²) in [6.45, 7) is 3.29. The Hall–Kier alpha value is -2.34. The van der Waals surface area contributed by atoms with Crippen molar-refractivity contribution < 1.29 is 49.0 Å². The minimum atomic E-state index is -1.60. The van der Waals surface area contributed by atoms with Crippen molar-refractivity contribution in [3.63, 3.8) is 0 Å². The molecule has 0 saturated carbocycles. The molecule has 0 radical (unpaired) electrons. The number of ether oxygens (including phenoxy) is 4. The summed E-state index contributed by atoms with van der Waals surface area (Å²) in [6, 6.07) is 0. The number of rotatable bonds is 33. The van der Waals surface area contributed by atoms with E-state index in [0.29, 0.717) is 12.8 Å². The van der Waals surface area contributed by atoms with Gasteiger partial charge in [0.25, 0.3) is 0 Å². The highest BCUT2D eigenvalue weighted by Gasteiger charge is 2.44. The van der Waals surface area contributed by atoms with Crippen LogP contribution in [-0.4, -0.2) is 89.0 Å². The van der Waals surface area contributed by atoms with Crippen molar-refractivity contribution in [1.29, 1.82) is 0 Å². The highest BCUT2D eigenvalue weighted by Crippen LogP contribution is 2.22. The van der Waals surface area contributed by atoms with Crippen LogP contribution in [-0.2, 0) is 28.5 Å². The minimum absolute atomic E-state index is 0.201. The van der Waals surface area contributed by atoms with Crippen LogP contribution in [0.3, 0.4) is 0 Å². The molecule has 1 saturated heterocycles. The van der Waals surface area contributed by atoms with Gasteiger partial charge in [-0.05, 0) is 64.2 Å². The number of esters is 2. The Bertz CT molecular complexity index is 1010. The third-order valence-electron chi connectivity index (χ3n) is 9.19. The molecule has 1 aliphatic heterocycles. The zero-order valence-electron chi connectivity index (χ0n) is 33.0. The molecule has 0 aromatic rings.